The topological polar surface area (TPSA) is 43.6 Å². The highest BCUT2D eigenvalue weighted by atomic mass is 32.1. The minimum atomic E-state index is -0.295. The van der Waals surface area contributed by atoms with Crippen molar-refractivity contribution in [2.75, 3.05) is 0 Å². The number of nitrogens with zero attached hydrogens (tertiary/aromatic N) is 4. The van der Waals surface area contributed by atoms with Crippen molar-refractivity contribution in [1.29, 1.82) is 0 Å². The van der Waals surface area contributed by atoms with E-state index >= 15 is 0 Å². The van der Waals surface area contributed by atoms with Crippen molar-refractivity contribution in [3.63, 3.8) is 0 Å². The van der Waals surface area contributed by atoms with Gasteiger partial charge < -0.3 is 4.57 Å². The Morgan fingerprint density at radius 1 is 1.31 bits per heavy atom. The summed E-state index contributed by atoms with van der Waals surface area (Å²) in [4.78, 5) is 4.17. The number of aromatic nitrogens is 4. The van der Waals surface area contributed by atoms with Gasteiger partial charge in [-0.25, -0.2) is 9.37 Å². The summed E-state index contributed by atoms with van der Waals surface area (Å²) in [7, 11) is 1.85. The van der Waals surface area contributed by atoms with E-state index in [1.54, 1.807) is 6.07 Å². The summed E-state index contributed by atoms with van der Waals surface area (Å²) in [6.45, 7) is 0. The van der Waals surface area contributed by atoms with Crippen molar-refractivity contribution < 1.29 is 4.39 Å². The highest BCUT2D eigenvalue weighted by molar-refractivity contribution is 7.80. The van der Waals surface area contributed by atoms with Gasteiger partial charge in [0.05, 0.1) is 5.52 Å². The van der Waals surface area contributed by atoms with Crippen LogP contribution in [0.15, 0.2) is 23.4 Å². The molecule has 4 nitrogen and oxygen atoms in total. The Balaban J connectivity index is 2.59. The van der Waals surface area contributed by atoms with E-state index in [9.17, 15) is 4.39 Å². The van der Waals surface area contributed by atoms with Crippen molar-refractivity contribution in [1.82, 2.24) is 19.7 Å². The van der Waals surface area contributed by atoms with Gasteiger partial charge in [-0.1, -0.05) is 0 Å². The summed E-state index contributed by atoms with van der Waals surface area (Å²) in [6, 6.07) is 4.55. The average molecular weight is 234 g/mol. The normalized spacial score (nSPS) is 11.4. The Bertz CT molecular complexity index is 707. The Kier molecular flexibility index (Phi) is 1.88. The molecule has 0 aliphatic heterocycles. The summed E-state index contributed by atoms with van der Waals surface area (Å²) < 4.78 is 15.0. The summed E-state index contributed by atoms with van der Waals surface area (Å²) in [5.74, 6) is -0.295. The smallest absolute Gasteiger partial charge is 0.207 e. The number of aryl methyl sites for hydroxylation is 1. The fourth-order valence-corrected chi connectivity index (χ4v) is 1.96. The summed E-state index contributed by atoms with van der Waals surface area (Å²) >= 11 is 4.04. The Labute approximate surface area is 95.5 Å². The van der Waals surface area contributed by atoms with Crippen LogP contribution in [-0.4, -0.2) is 19.7 Å². The lowest BCUT2D eigenvalue weighted by molar-refractivity contribution is 0.629. The number of fused-ring (bicyclic) bond motifs is 3. The molecule has 0 N–H and O–H groups in total. The van der Waals surface area contributed by atoms with Crippen LogP contribution in [0.4, 0.5) is 4.39 Å². The third kappa shape index (κ3) is 1.19. The van der Waals surface area contributed by atoms with Crippen molar-refractivity contribution in [3.05, 3.63) is 24.0 Å². The second-order valence-electron chi connectivity index (χ2n) is 3.50. The Hall–Kier alpha value is -1.69. The lowest BCUT2D eigenvalue weighted by atomic mass is 10.2. The van der Waals surface area contributed by atoms with Gasteiger partial charge in [0, 0.05) is 12.4 Å². The second-order valence-corrected chi connectivity index (χ2v) is 3.90. The molecule has 0 fully saturated rings. The van der Waals surface area contributed by atoms with Crippen LogP contribution in [0.3, 0.4) is 0 Å². The predicted octanol–water partition coefficient (Wildman–Crippen LogP) is 1.94. The molecular formula is C10H7FN4S. The molecule has 3 rings (SSSR count). The molecule has 0 unspecified atom stereocenters. The third-order valence-electron chi connectivity index (χ3n) is 2.55. The van der Waals surface area contributed by atoms with Crippen LogP contribution in [0.25, 0.3) is 22.1 Å². The van der Waals surface area contributed by atoms with E-state index in [1.807, 2.05) is 11.6 Å². The first kappa shape index (κ1) is 9.53. The van der Waals surface area contributed by atoms with Crippen LogP contribution in [0.1, 0.15) is 0 Å². The van der Waals surface area contributed by atoms with E-state index in [4.69, 9.17) is 0 Å². The van der Waals surface area contributed by atoms with Crippen LogP contribution >= 0.6 is 12.6 Å². The Morgan fingerprint density at radius 2 is 2.12 bits per heavy atom. The number of hydrogen-bond donors (Lipinski definition) is 1. The van der Waals surface area contributed by atoms with Gasteiger partial charge in [0.25, 0.3) is 0 Å². The van der Waals surface area contributed by atoms with Gasteiger partial charge >= 0.3 is 0 Å². The number of hydrogen-bond acceptors (Lipinski definition) is 4. The number of halogens is 1. The fourth-order valence-electron chi connectivity index (χ4n) is 1.82. The first-order valence-corrected chi connectivity index (χ1v) is 5.09. The summed E-state index contributed by atoms with van der Waals surface area (Å²) in [6.07, 6.45) is 0. The Morgan fingerprint density at radius 3 is 2.94 bits per heavy atom. The number of benzene rings is 1. The molecule has 0 bridgehead atoms. The average Bonchev–Trinajstić information content (AvgIpc) is 2.52. The predicted molar refractivity (Wildman–Crippen MR) is 61.0 cm³/mol. The molecule has 0 saturated heterocycles. The molecule has 0 saturated carbocycles. The second kappa shape index (κ2) is 3.15. The molecule has 1 aromatic carbocycles. The molecule has 3 aromatic rings. The molecule has 80 valence electrons. The SMILES string of the molecule is Cn1c2ccc(F)cc2c2nnc(S)nc21. The molecule has 6 heteroatoms. The van der Waals surface area contributed by atoms with Crippen molar-refractivity contribution >= 4 is 34.7 Å². The molecule has 0 radical (unpaired) electrons. The molecule has 0 aliphatic carbocycles. The van der Waals surface area contributed by atoms with Gasteiger partial charge in [0.2, 0.25) is 5.16 Å². The van der Waals surface area contributed by atoms with Gasteiger partial charge in [-0.15, -0.1) is 22.8 Å². The molecule has 0 spiro atoms. The monoisotopic (exact) mass is 234 g/mol. The molecule has 0 amide bonds. The zero-order valence-corrected chi connectivity index (χ0v) is 9.24. The maximum atomic E-state index is 13.2. The standard InChI is InChI=1S/C10H7FN4S/c1-15-7-3-2-5(11)4-6(7)8-9(15)12-10(16)14-13-8/h2-4H,1H3,(H,12,14,16). The highest BCUT2D eigenvalue weighted by Crippen LogP contribution is 2.25. The maximum Gasteiger partial charge on any atom is 0.207 e. The highest BCUT2D eigenvalue weighted by Gasteiger charge is 2.12. The quantitative estimate of drug-likeness (QED) is 0.604. The van der Waals surface area contributed by atoms with E-state index in [0.717, 1.165) is 5.52 Å². The zero-order chi connectivity index (χ0) is 11.3. The molecule has 0 atom stereocenters. The third-order valence-corrected chi connectivity index (χ3v) is 2.74. The van der Waals surface area contributed by atoms with Crippen molar-refractivity contribution in [3.8, 4) is 0 Å². The fraction of sp³-hybridized carbons (Fsp3) is 0.100. The molecule has 2 heterocycles. The van der Waals surface area contributed by atoms with Crippen LogP contribution in [-0.2, 0) is 7.05 Å². The van der Waals surface area contributed by atoms with Gasteiger partial charge in [-0.2, -0.15) is 0 Å². The zero-order valence-electron chi connectivity index (χ0n) is 8.35. The number of rotatable bonds is 0. The van der Waals surface area contributed by atoms with Crippen LogP contribution in [0, 0.1) is 5.82 Å². The van der Waals surface area contributed by atoms with Crippen LogP contribution < -0.4 is 0 Å². The largest absolute Gasteiger partial charge is 0.327 e. The van der Waals surface area contributed by atoms with E-state index in [0.29, 0.717) is 21.7 Å². The van der Waals surface area contributed by atoms with Gasteiger partial charge in [0.15, 0.2) is 5.65 Å². The maximum absolute atomic E-state index is 13.2. The molecule has 16 heavy (non-hydrogen) atoms. The minimum absolute atomic E-state index is 0.295. The summed E-state index contributed by atoms with van der Waals surface area (Å²) in [5, 5.41) is 8.78. The van der Waals surface area contributed by atoms with E-state index in [1.165, 1.54) is 12.1 Å². The van der Waals surface area contributed by atoms with E-state index < -0.39 is 0 Å². The molecular weight excluding hydrogens is 227 g/mol. The minimum Gasteiger partial charge on any atom is -0.327 e. The van der Waals surface area contributed by atoms with Gasteiger partial charge in [0.1, 0.15) is 11.3 Å². The summed E-state index contributed by atoms with van der Waals surface area (Å²) in [5.41, 5.74) is 2.12. The first-order chi connectivity index (χ1) is 7.66. The van der Waals surface area contributed by atoms with Crippen LogP contribution in [0.5, 0.6) is 0 Å². The van der Waals surface area contributed by atoms with Crippen molar-refractivity contribution in [2.45, 2.75) is 5.16 Å². The van der Waals surface area contributed by atoms with Gasteiger partial charge in [-0.3, -0.25) is 0 Å². The number of thiol groups is 1. The van der Waals surface area contributed by atoms with Gasteiger partial charge in [-0.05, 0) is 18.2 Å². The van der Waals surface area contributed by atoms with E-state index in [-0.39, 0.29) is 5.82 Å². The van der Waals surface area contributed by atoms with Crippen molar-refractivity contribution in [2.24, 2.45) is 7.05 Å². The van der Waals surface area contributed by atoms with E-state index in [2.05, 4.69) is 27.8 Å². The molecule has 0 aliphatic rings. The first-order valence-electron chi connectivity index (χ1n) is 4.64. The lowest BCUT2D eigenvalue weighted by Gasteiger charge is -1.95. The van der Waals surface area contributed by atoms with Crippen LogP contribution in [0.2, 0.25) is 0 Å². The molecule has 2 aromatic heterocycles. The lowest BCUT2D eigenvalue weighted by Crippen LogP contribution is -1.93.